The molecule has 1 N–H and O–H groups in total. The van der Waals surface area contributed by atoms with Crippen LogP contribution in [0, 0.1) is 19.7 Å². The molecule has 4 rings (SSSR count). The van der Waals surface area contributed by atoms with Crippen molar-refractivity contribution in [3.8, 4) is 0 Å². The molecule has 2 aromatic carbocycles. The highest BCUT2D eigenvalue weighted by Crippen LogP contribution is 2.28. The maximum absolute atomic E-state index is 13.9. The maximum atomic E-state index is 13.9. The number of nitrogens with one attached hydrogen (secondary N) is 1. The van der Waals surface area contributed by atoms with Gasteiger partial charge in [-0.3, -0.25) is 4.79 Å². The fourth-order valence-electron chi connectivity index (χ4n) is 4.03. The minimum atomic E-state index is -0.352. The zero-order chi connectivity index (χ0) is 21.1. The van der Waals surface area contributed by atoms with Crippen LogP contribution in [0.1, 0.15) is 45.9 Å². The van der Waals surface area contributed by atoms with E-state index in [1.807, 2.05) is 36.9 Å². The number of piperidine rings is 1. The number of rotatable bonds is 4. The van der Waals surface area contributed by atoms with Crippen molar-refractivity contribution in [2.45, 2.75) is 32.6 Å². The number of hydrogen-bond acceptors (Lipinski definition) is 4. The predicted octanol–water partition coefficient (Wildman–Crippen LogP) is 5.00. The summed E-state index contributed by atoms with van der Waals surface area (Å²) in [4.78, 5) is 23.8. The number of aryl methyl sites for hydroxylation is 2. The van der Waals surface area contributed by atoms with Crippen LogP contribution in [-0.4, -0.2) is 33.9 Å². The number of para-hydroxylation sites is 1. The van der Waals surface area contributed by atoms with Gasteiger partial charge in [-0.1, -0.05) is 29.3 Å². The van der Waals surface area contributed by atoms with Crippen molar-refractivity contribution in [3.63, 3.8) is 0 Å². The molecule has 1 aromatic heterocycles. The molecular formula is C24H25FN4O. The van der Waals surface area contributed by atoms with Crippen LogP contribution in [-0.2, 0) is 0 Å². The highest BCUT2D eigenvalue weighted by Gasteiger charge is 2.27. The van der Waals surface area contributed by atoms with Gasteiger partial charge in [0, 0.05) is 30.8 Å². The molecule has 1 amide bonds. The van der Waals surface area contributed by atoms with Crippen LogP contribution in [0.4, 0.5) is 16.0 Å². The largest absolute Gasteiger partial charge is 0.338 e. The fraction of sp³-hybridized carbons (Fsp3) is 0.292. The molecule has 5 nitrogen and oxygen atoms in total. The zero-order valence-corrected chi connectivity index (χ0v) is 17.2. The van der Waals surface area contributed by atoms with E-state index >= 15 is 0 Å². The maximum Gasteiger partial charge on any atom is 0.253 e. The van der Waals surface area contributed by atoms with Gasteiger partial charge in [-0.15, -0.1) is 0 Å². The van der Waals surface area contributed by atoms with E-state index in [0.29, 0.717) is 18.2 Å². The first kappa shape index (κ1) is 20.0. The van der Waals surface area contributed by atoms with Crippen LogP contribution in [0.2, 0.25) is 0 Å². The minimum absolute atomic E-state index is 0.0604. The van der Waals surface area contributed by atoms with Gasteiger partial charge in [0.25, 0.3) is 5.91 Å². The summed E-state index contributed by atoms with van der Waals surface area (Å²) >= 11 is 0. The molecule has 1 aliphatic heterocycles. The van der Waals surface area contributed by atoms with Crippen LogP contribution in [0.5, 0.6) is 0 Å². The van der Waals surface area contributed by atoms with Crippen molar-refractivity contribution < 1.29 is 9.18 Å². The summed E-state index contributed by atoms with van der Waals surface area (Å²) in [5, 5.41) is 2.95. The van der Waals surface area contributed by atoms with Gasteiger partial charge in [0.15, 0.2) is 0 Å². The van der Waals surface area contributed by atoms with E-state index in [4.69, 9.17) is 0 Å². The molecule has 0 bridgehead atoms. The van der Waals surface area contributed by atoms with E-state index in [9.17, 15) is 9.18 Å². The van der Waals surface area contributed by atoms with Crippen molar-refractivity contribution in [2.24, 2.45) is 0 Å². The number of carbonyl (C=O) groups is 1. The predicted molar refractivity (Wildman–Crippen MR) is 116 cm³/mol. The monoisotopic (exact) mass is 404 g/mol. The topological polar surface area (TPSA) is 58.1 Å². The molecule has 1 saturated heterocycles. The average molecular weight is 404 g/mol. The Morgan fingerprint density at radius 2 is 1.90 bits per heavy atom. The summed E-state index contributed by atoms with van der Waals surface area (Å²) in [5.41, 5.74) is 4.11. The summed E-state index contributed by atoms with van der Waals surface area (Å²) in [6.07, 6.45) is 3.55. The molecule has 2 heterocycles. The third-order valence-electron chi connectivity index (χ3n) is 5.39. The molecule has 1 atom stereocenters. The normalized spacial score (nSPS) is 16.4. The summed E-state index contributed by atoms with van der Waals surface area (Å²) in [7, 11) is 0. The number of amides is 1. The third-order valence-corrected chi connectivity index (χ3v) is 5.39. The average Bonchev–Trinajstić information content (AvgIpc) is 2.74. The summed E-state index contributed by atoms with van der Waals surface area (Å²) in [5.74, 6) is 0.188. The zero-order valence-electron chi connectivity index (χ0n) is 17.2. The third kappa shape index (κ3) is 4.48. The standard InChI is InChI=1S/C24H25FN4O/c1-16-12-17(2)14-19(13-16)23(30)29-11-5-6-18(15-29)21-9-10-26-24(27-21)28-22-8-4-3-7-20(22)25/h3-4,7-10,12-14,18H,5-6,11,15H2,1-2H3,(H,26,27,28)/t18-/m0/s1. The molecule has 0 saturated carbocycles. The highest BCUT2D eigenvalue weighted by molar-refractivity contribution is 5.94. The molecule has 0 unspecified atom stereocenters. The minimum Gasteiger partial charge on any atom is -0.338 e. The lowest BCUT2D eigenvalue weighted by Crippen LogP contribution is -2.39. The fourth-order valence-corrected chi connectivity index (χ4v) is 4.03. The quantitative estimate of drug-likeness (QED) is 0.665. The van der Waals surface area contributed by atoms with Crippen LogP contribution >= 0.6 is 0 Å². The molecule has 0 radical (unpaired) electrons. The van der Waals surface area contributed by atoms with Crippen LogP contribution in [0.25, 0.3) is 0 Å². The summed E-state index contributed by atoms with van der Waals surface area (Å²) in [6, 6.07) is 14.3. The number of aromatic nitrogens is 2. The van der Waals surface area contributed by atoms with Crippen molar-refractivity contribution in [1.29, 1.82) is 0 Å². The Morgan fingerprint density at radius 3 is 2.67 bits per heavy atom. The number of halogens is 1. The van der Waals surface area contributed by atoms with Gasteiger partial charge >= 0.3 is 0 Å². The highest BCUT2D eigenvalue weighted by atomic mass is 19.1. The Bertz CT molecular complexity index is 1050. The first-order valence-corrected chi connectivity index (χ1v) is 10.2. The molecular weight excluding hydrogens is 379 g/mol. The van der Waals surface area contributed by atoms with Crippen molar-refractivity contribution >= 4 is 17.5 Å². The van der Waals surface area contributed by atoms with Gasteiger partial charge in [0.05, 0.1) is 11.4 Å². The summed E-state index contributed by atoms with van der Waals surface area (Å²) < 4.78 is 13.9. The number of anilines is 2. The Morgan fingerprint density at radius 1 is 1.13 bits per heavy atom. The SMILES string of the molecule is Cc1cc(C)cc(C(=O)N2CCC[C@H](c3ccnc(Nc4ccccc4F)n3)C2)c1. The molecule has 1 aliphatic rings. The Balaban J connectivity index is 1.50. The second kappa shape index (κ2) is 8.61. The molecule has 154 valence electrons. The summed E-state index contributed by atoms with van der Waals surface area (Å²) in [6.45, 7) is 5.37. The van der Waals surface area contributed by atoms with E-state index in [2.05, 4.69) is 21.4 Å². The van der Waals surface area contributed by atoms with Crippen molar-refractivity contribution in [1.82, 2.24) is 14.9 Å². The Kier molecular flexibility index (Phi) is 5.74. The lowest BCUT2D eigenvalue weighted by atomic mass is 9.94. The van der Waals surface area contributed by atoms with Crippen LogP contribution in [0.15, 0.2) is 54.7 Å². The van der Waals surface area contributed by atoms with Crippen molar-refractivity contribution in [2.75, 3.05) is 18.4 Å². The molecule has 30 heavy (non-hydrogen) atoms. The van der Waals surface area contributed by atoms with E-state index in [1.54, 1.807) is 24.4 Å². The van der Waals surface area contributed by atoms with E-state index in [0.717, 1.165) is 41.8 Å². The first-order chi connectivity index (χ1) is 14.5. The molecule has 0 aliphatic carbocycles. The van der Waals surface area contributed by atoms with E-state index < -0.39 is 0 Å². The lowest BCUT2D eigenvalue weighted by Gasteiger charge is -2.32. The number of likely N-dealkylation sites (tertiary alicyclic amines) is 1. The van der Waals surface area contributed by atoms with E-state index in [1.165, 1.54) is 6.07 Å². The Labute approximate surface area is 176 Å². The number of nitrogens with zero attached hydrogens (tertiary/aromatic N) is 3. The van der Waals surface area contributed by atoms with Gasteiger partial charge in [-0.2, -0.15) is 0 Å². The number of hydrogen-bond donors (Lipinski definition) is 1. The second-order valence-corrected chi connectivity index (χ2v) is 7.88. The van der Waals surface area contributed by atoms with Crippen LogP contribution in [0.3, 0.4) is 0 Å². The van der Waals surface area contributed by atoms with Crippen LogP contribution < -0.4 is 5.32 Å². The molecule has 3 aromatic rings. The molecule has 0 spiro atoms. The van der Waals surface area contributed by atoms with Crippen molar-refractivity contribution in [3.05, 3.63) is 82.9 Å². The first-order valence-electron chi connectivity index (χ1n) is 10.2. The van der Waals surface area contributed by atoms with E-state index in [-0.39, 0.29) is 17.6 Å². The van der Waals surface area contributed by atoms with Gasteiger partial charge in [0.1, 0.15) is 5.82 Å². The number of carbonyl (C=O) groups excluding carboxylic acids is 1. The number of benzene rings is 2. The van der Waals surface area contributed by atoms with Gasteiger partial charge in [-0.25, -0.2) is 14.4 Å². The molecule has 1 fully saturated rings. The Hall–Kier alpha value is -3.28. The molecule has 6 heteroatoms. The van der Waals surface area contributed by atoms with Gasteiger partial charge in [0.2, 0.25) is 5.95 Å². The van der Waals surface area contributed by atoms with Gasteiger partial charge in [-0.05, 0) is 57.0 Å². The van der Waals surface area contributed by atoms with Gasteiger partial charge < -0.3 is 10.2 Å². The smallest absolute Gasteiger partial charge is 0.253 e. The second-order valence-electron chi connectivity index (χ2n) is 7.88. The lowest BCUT2D eigenvalue weighted by molar-refractivity contribution is 0.0705.